The van der Waals surface area contributed by atoms with Crippen LogP contribution in [0.4, 0.5) is 5.82 Å². The van der Waals surface area contributed by atoms with E-state index in [1.165, 1.54) is 37.9 Å². The highest BCUT2D eigenvalue weighted by Crippen LogP contribution is 2.44. The molecule has 4 nitrogen and oxygen atoms in total. The van der Waals surface area contributed by atoms with Crippen molar-refractivity contribution < 1.29 is 0 Å². The van der Waals surface area contributed by atoms with Crippen LogP contribution in [0.2, 0.25) is 0 Å². The van der Waals surface area contributed by atoms with Crippen LogP contribution in [0.1, 0.15) is 37.3 Å². The summed E-state index contributed by atoms with van der Waals surface area (Å²) in [4.78, 5) is 13.9. The monoisotopic (exact) mass is 272 g/mol. The van der Waals surface area contributed by atoms with Crippen LogP contribution in [0.15, 0.2) is 12.4 Å². The van der Waals surface area contributed by atoms with Crippen molar-refractivity contribution in [3.63, 3.8) is 0 Å². The van der Waals surface area contributed by atoms with Gasteiger partial charge in [0.1, 0.15) is 12.1 Å². The van der Waals surface area contributed by atoms with Crippen molar-refractivity contribution in [3.8, 4) is 0 Å². The van der Waals surface area contributed by atoms with Crippen LogP contribution in [0.5, 0.6) is 0 Å². The first-order valence-corrected chi connectivity index (χ1v) is 7.95. The molecule has 20 heavy (non-hydrogen) atoms. The Morgan fingerprint density at radius 3 is 2.55 bits per heavy atom. The van der Waals surface area contributed by atoms with Crippen molar-refractivity contribution in [2.75, 3.05) is 32.1 Å². The SMILES string of the molecule is CN(C)[C@@H]1CN(c2cc(C3CC3)ncn2)C[C@H]1C1CC1. The molecule has 0 radical (unpaired) electrons. The molecular formula is C16H24N4. The maximum absolute atomic E-state index is 4.54. The molecule has 0 amide bonds. The fourth-order valence-electron chi connectivity index (χ4n) is 3.67. The van der Waals surface area contributed by atoms with E-state index in [1.54, 1.807) is 6.33 Å². The molecule has 2 aliphatic carbocycles. The van der Waals surface area contributed by atoms with Crippen LogP contribution in [0, 0.1) is 11.8 Å². The molecule has 2 atom stereocenters. The topological polar surface area (TPSA) is 32.3 Å². The minimum Gasteiger partial charge on any atom is -0.355 e. The summed E-state index contributed by atoms with van der Waals surface area (Å²) in [7, 11) is 4.44. The Balaban J connectivity index is 1.54. The van der Waals surface area contributed by atoms with E-state index in [2.05, 4.69) is 39.9 Å². The molecule has 3 aliphatic rings. The first-order valence-electron chi connectivity index (χ1n) is 7.95. The summed E-state index contributed by atoms with van der Waals surface area (Å²) >= 11 is 0. The molecule has 1 saturated heterocycles. The summed E-state index contributed by atoms with van der Waals surface area (Å²) in [5.74, 6) is 3.64. The smallest absolute Gasteiger partial charge is 0.132 e. The summed E-state index contributed by atoms with van der Waals surface area (Å²) in [6, 6.07) is 2.92. The van der Waals surface area contributed by atoms with Gasteiger partial charge in [0.25, 0.3) is 0 Å². The van der Waals surface area contributed by atoms with Gasteiger partial charge in [0.15, 0.2) is 0 Å². The van der Waals surface area contributed by atoms with Gasteiger partial charge < -0.3 is 9.80 Å². The molecule has 4 rings (SSSR count). The number of aromatic nitrogens is 2. The van der Waals surface area contributed by atoms with E-state index in [4.69, 9.17) is 0 Å². The average molecular weight is 272 g/mol. The molecule has 0 unspecified atom stereocenters. The van der Waals surface area contributed by atoms with Crippen molar-refractivity contribution in [1.29, 1.82) is 0 Å². The van der Waals surface area contributed by atoms with Crippen molar-refractivity contribution >= 4 is 5.82 Å². The zero-order valence-electron chi connectivity index (χ0n) is 12.5. The average Bonchev–Trinajstić information content (AvgIpc) is 3.35. The van der Waals surface area contributed by atoms with Crippen molar-refractivity contribution in [2.45, 2.75) is 37.6 Å². The van der Waals surface area contributed by atoms with Gasteiger partial charge in [-0.3, -0.25) is 0 Å². The van der Waals surface area contributed by atoms with Gasteiger partial charge in [-0.1, -0.05) is 0 Å². The molecule has 2 heterocycles. The molecule has 108 valence electrons. The third-order valence-electron chi connectivity index (χ3n) is 5.22. The molecule has 3 fully saturated rings. The Kier molecular flexibility index (Phi) is 2.95. The second-order valence-electron chi connectivity index (χ2n) is 7.01. The fraction of sp³-hybridized carbons (Fsp3) is 0.750. The molecular weight excluding hydrogens is 248 g/mol. The molecule has 4 heteroatoms. The number of rotatable bonds is 4. The second kappa shape index (κ2) is 4.69. The molecule has 1 aromatic rings. The van der Waals surface area contributed by atoms with E-state index >= 15 is 0 Å². The van der Waals surface area contributed by atoms with Crippen molar-refractivity contribution in [1.82, 2.24) is 14.9 Å². The minimum atomic E-state index is 0.682. The second-order valence-corrected chi connectivity index (χ2v) is 7.01. The van der Waals surface area contributed by atoms with E-state index in [1.807, 2.05) is 0 Å². The fourth-order valence-corrected chi connectivity index (χ4v) is 3.67. The van der Waals surface area contributed by atoms with Crippen molar-refractivity contribution in [2.24, 2.45) is 11.8 Å². The Morgan fingerprint density at radius 2 is 1.90 bits per heavy atom. The largest absolute Gasteiger partial charge is 0.355 e. The maximum atomic E-state index is 4.54. The predicted molar refractivity (Wildman–Crippen MR) is 79.9 cm³/mol. The quantitative estimate of drug-likeness (QED) is 0.840. The van der Waals surface area contributed by atoms with Gasteiger partial charge in [-0.2, -0.15) is 0 Å². The molecule has 0 N–H and O–H groups in total. The molecule has 2 saturated carbocycles. The van der Waals surface area contributed by atoms with Crippen LogP contribution in [-0.4, -0.2) is 48.1 Å². The van der Waals surface area contributed by atoms with Crippen LogP contribution in [-0.2, 0) is 0 Å². The lowest BCUT2D eigenvalue weighted by molar-refractivity contribution is 0.238. The maximum Gasteiger partial charge on any atom is 0.132 e. The van der Waals surface area contributed by atoms with E-state index in [0.29, 0.717) is 12.0 Å². The van der Waals surface area contributed by atoms with Crippen LogP contribution >= 0.6 is 0 Å². The summed E-state index contributed by atoms with van der Waals surface area (Å²) < 4.78 is 0. The Morgan fingerprint density at radius 1 is 1.10 bits per heavy atom. The van der Waals surface area contributed by atoms with Gasteiger partial charge in [0, 0.05) is 36.8 Å². The number of likely N-dealkylation sites (N-methyl/N-ethyl adjacent to an activating group) is 1. The zero-order chi connectivity index (χ0) is 13.7. The van der Waals surface area contributed by atoms with Gasteiger partial charge in [-0.15, -0.1) is 0 Å². The third-order valence-corrected chi connectivity index (χ3v) is 5.22. The van der Waals surface area contributed by atoms with Gasteiger partial charge in [-0.25, -0.2) is 9.97 Å². The van der Waals surface area contributed by atoms with Crippen LogP contribution < -0.4 is 4.90 Å². The Labute approximate surface area is 121 Å². The number of hydrogen-bond acceptors (Lipinski definition) is 4. The van der Waals surface area contributed by atoms with Crippen LogP contribution in [0.25, 0.3) is 0 Å². The van der Waals surface area contributed by atoms with Gasteiger partial charge >= 0.3 is 0 Å². The zero-order valence-corrected chi connectivity index (χ0v) is 12.5. The van der Waals surface area contributed by atoms with Gasteiger partial charge in [-0.05, 0) is 51.6 Å². The lowest BCUT2D eigenvalue weighted by Crippen LogP contribution is -2.36. The molecule has 0 aromatic carbocycles. The third kappa shape index (κ3) is 2.30. The summed E-state index contributed by atoms with van der Waals surface area (Å²) in [5.41, 5.74) is 1.26. The summed E-state index contributed by atoms with van der Waals surface area (Å²) in [6.07, 6.45) is 7.24. The first kappa shape index (κ1) is 12.6. The van der Waals surface area contributed by atoms with Gasteiger partial charge in [0.05, 0.1) is 0 Å². The molecule has 1 aromatic heterocycles. The minimum absolute atomic E-state index is 0.682. The Hall–Kier alpha value is -1.16. The van der Waals surface area contributed by atoms with E-state index < -0.39 is 0 Å². The highest BCUT2D eigenvalue weighted by molar-refractivity contribution is 5.42. The van der Waals surface area contributed by atoms with E-state index in [-0.39, 0.29) is 0 Å². The number of anilines is 1. The standard InChI is InChI=1S/C16H24N4/c1-19(2)15-9-20(8-13(15)11-3-4-11)16-7-14(12-5-6-12)17-10-18-16/h7,10-13,15H,3-6,8-9H2,1-2H3/t13-,15+/m0/s1. The summed E-state index contributed by atoms with van der Waals surface area (Å²) in [6.45, 7) is 2.30. The summed E-state index contributed by atoms with van der Waals surface area (Å²) in [5, 5.41) is 0. The molecule has 1 aliphatic heterocycles. The lowest BCUT2D eigenvalue weighted by Gasteiger charge is -2.24. The van der Waals surface area contributed by atoms with E-state index in [9.17, 15) is 0 Å². The number of hydrogen-bond donors (Lipinski definition) is 0. The highest BCUT2D eigenvalue weighted by Gasteiger charge is 2.43. The lowest BCUT2D eigenvalue weighted by atomic mass is 9.97. The van der Waals surface area contributed by atoms with Gasteiger partial charge in [0.2, 0.25) is 0 Å². The first-order chi connectivity index (χ1) is 9.72. The molecule has 0 bridgehead atoms. The normalized spacial score (nSPS) is 30.2. The predicted octanol–water partition coefficient (Wildman–Crippen LogP) is 2.13. The highest BCUT2D eigenvalue weighted by atomic mass is 15.3. The van der Waals surface area contributed by atoms with Crippen molar-refractivity contribution in [3.05, 3.63) is 18.1 Å². The number of nitrogens with zero attached hydrogens (tertiary/aromatic N) is 4. The molecule has 0 spiro atoms. The Bertz CT molecular complexity index is 483. The van der Waals surface area contributed by atoms with Crippen LogP contribution in [0.3, 0.4) is 0 Å². The van der Waals surface area contributed by atoms with E-state index in [0.717, 1.165) is 24.2 Å².